The van der Waals surface area contributed by atoms with Crippen molar-refractivity contribution < 1.29 is 5.48 Å². The third kappa shape index (κ3) is 5.72. The highest BCUT2D eigenvalue weighted by Gasteiger charge is 2.14. The molecule has 0 atom stereocenters. The van der Waals surface area contributed by atoms with Gasteiger partial charge in [0.2, 0.25) is 0 Å². The quantitative estimate of drug-likeness (QED) is 0.181. The van der Waals surface area contributed by atoms with Gasteiger partial charge in [-0.25, -0.2) is 15.0 Å². The van der Waals surface area contributed by atoms with Crippen molar-refractivity contribution in [3.8, 4) is 67.5 Å². The topological polar surface area (TPSA) is 38.7 Å². The molecule has 234 valence electrons. The van der Waals surface area contributed by atoms with E-state index in [1.807, 2.05) is 109 Å². The van der Waals surface area contributed by atoms with Crippen LogP contribution in [0.25, 0.3) is 89.1 Å². The Kier molecular flexibility index (Phi) is 6.44. The van der Waals surface area contributed by atoms with E-state index >= 15 is 0 Å². The first-order chi connectivity index (χ1) is 26.4. The molecule has 9 rings (SSSR count). The Morgan fingerprint density at radius 3 is 1.50 bits per heavy atom. The maximum absolute atomic E-state index is 9.19. The van der Waals surface area contributed by atoms with Crippen LogP contribution in [0.3, 0.4) is 0 Å². The van der Waals surface area contributed by atoms with E-state index in [4.69, 9.17) is 17.7 Å². The average Bonchev–Trinajstić information content (AvgIpc) is 3.23. The Morgan fingerprint density at radius 1 is 0.300 bits per heavy atom. The Balaban J connectivity index is 1.14. The molecule has 0 N–H and O–H groups in total. The van der Waals surface area contributed by atoms with Crippen molar-refractivity contribution in [3.63, 3.8) is 0 Å². The minimum absolute atomic E-state index is 0.0234. The van der Waals surface area contributed by atoms with Crippen molar-refractivity contribution in [3.05, 3.63) is 188 Å². The van der Waals surface area contributed by atoms with Gasteiger partial charge in [0.1, 0.15) is 0 Å². The van der Waals surface area contributed by atoms with Gasteiger partial charge in [-0.2, -0.15) is 0 Å². The smallest absolute Gasteiger partial charge is 0.164 e. The number of nitrogens with zero attached hydrogens (tertiary/aromatic N) is 3. The molecular formula is C47H31N3. The van der Waals surface area contributed by atoms with Crippen LogP contribution in [0, 0.1) is 0 Å². The van der Waals surface area contributed by atoms with E-state index in [1.54, 1.807) is 0 Å². The molecule has 0 radical (unpaired) electrons. The number of benzene rings is 8. The molecule has 3 nitrogen and oxygen atoms in total. The molecule has 0 amide bonds. The van der Waals surface area contributed by atoms with Crippen LogP contribution < -0.4 is 0 Å². The largest absolute Gasteiger partial charge is 0.208 e. The first-order valence-corrected chi connectivity index (χ1v) is 16.5. The van der Waals surface area contributed by atoms with E-state index in [1.165, 1.54) is 0 Å². The summed E-state index contributed by atoms with van der Waals surface area (Å²) in [4.78, 5) is 14.4. The number of aromatic nitrogens is 3. The van der Waals surface area contributed by atoms with Crippen LogP contribution >= 0.6 is 0 Å². The fourth-order valence-electron chi connectivity index (χ4n) is 6.39. The predicted molar refractivity (Wildman–Crippen MR) is 207 cm³/mol. The van der Waals surface area contributed by atoms with Gasteiger partial charge in [-0.05, 0) is 67.1 Å². The van der Waals surface area contributed by atoms with Gasteiger partial charge in [0.15, 0.2) is 17.5 Å². The van der Waals surface area contributed by atoms with E-state index in [-0.39, 0.29) is 41.1 Å². The standard InChI is InChI=1S/C47H31N3/c1-3-10-32(11-4-1)39-26-27-41-31-42(29-28-40(41)30-39)47-49-45(37-13-5-2-6-14-37)48-46(50-47)38-24-20-34(21-25-38)33-18-22-36(23-19-33)44-17-9-15-35-12-7-8-16-43(35)44/h1-31H/i20D,21D,24D,25D. The zero-order valence-corrected chi connectivity index (χ0v) is 26.9. The van der Waals surface area contributed by atoms with E-state index in [9.17, 15) is 2.74 Å². The summed E-state index contributed by atoms with van der Waals surface area (Å²) in [5, 5.41) is 4.35. The second kappa shape index (κ2) is 12.7. The first kappa shape index (κ1) is 25.3. The lowest BCUT2D eigenvalue weighted by Gasteiger charge is -2.11. The summed E-state index contributed by atoms with van der Waals surface area (Å²) in [7, 11) is 0. The second-order valence-electron chi connectivity index (χ2n) is 12.2. The average molecular weight is 642 g/mol. The molecule has 0 fully saturated rings. The highest BCUT2D eigenvalue weighted by Crippen LogP contribution is 2.33. The van der Waals surface area contributed by atoms with Crippen LogP contribution in [0.4, 0.5) is 0 Å². The highest BCUT2D eigenvalue weighted by molar-refractivity contribution is 5.97. The summed E-state index contributed by atoms with van der Waals surface area (Å²) in [6.45, 7) is 0. The van der Waals surface area contributed by atoms with Gasteiger partial charge in [0.25, 0.3) is 0 Å². The molecule has 0 saturated carbocycles. The maximum atomic E-state index is 9.19. The molecule has 0 bridgehead atoms. The van der Waals surface area contributed by atoms with Gasteiger partial charge < -0.3 is 0 Å². The lowest BCUT2D eigenvalue weighted by Crippen LogP contribution is -2.00. The van der Waals surface area contributed by atoms with E-state index < -0.39 is 0 Å². The zero-order chi connectivity index (χ0) is 36.8. The summed E-state index contributed by atoms with van der Waals surface area (Å²) in [6.07, 6.45) is 0. The van der Waals surface area contributed by atoms with Gasteiger partial charge in [-0.3, -0.25) is 0 Å². The summed E-state index contributed by atoms with van der Waals surface area (Å²) in [5.41, 5.74) is 6.67. The molecule has 0 spiro atoms. The Morgan fingerprint density at radius 2 is 0.780 bits per heavy atom. The van der Waals surface area contributed by atoms with Crippen molar-refractivity contribution in [2.24, 2.45) is 0 Å². The molecular weight excluding hydrogens is 607 g/mol. The minimum Gasteiger partial charge on any atom is -0.208 e. The van der Waals surface area contributed by atoms with Gasteiger partial charge in [0, 0.05) is 16.7 Å². The van der Waals surface area contributed by atoms with Crippen LogP contribution in [0.2, 0.25) is 0 Å². The Labute approximate surface area is 296 Å². The third-order valence-electron chi connectivity index (χ3n) is 9.00. The summed E-state index contributed by atoms with van der Waals surface area (Å²) >= 11 is 0. The number of hydrogen-bond acceptors (Lipinski definition) is 3. The van der Waals surface area contributed by atoms with Crippen LogP contribution in [0.5, 0.6) is 0 Å². The number of rotatable bonds is 6. The molecule has 0 aliphatic heterocycles. The maximum Gasteiger partial charge on any atom is 0.164 e. The molecule has 3 heteroatoms. The number of hydrogen-bond donors (Lipinski definition) is 0. The molecule has 50 heavy (non-hydrogen) atoms. The second-order valence-corrected chi connectivity index (χ2v) is 12.2. The zero-order valence-electron chi connectivity index (χ0n) is 30.9. The van der Waals surface area contributed by atoms with E-state index in [2.05, 4.69) is 54.6 Å². The predicted octanol–water partition coefficient (Wildman–Crippen LogP) is 12.2. The SMILES string of the molecule is [2H]c1c([2H])c(-c2nc(-c3ccccc3)nc(-c3ccc4cc(-c5ccccc5)ccc4c3)n2)c([2H])c([2H])c1-c1ccc(-c2cccc3ccccc23)cc1. The number of fused-ring (bicyclic) bond motifs is 2. The molecule has 9 aromatic rings. The molecule has 0 saturated heterocycles. The van der Waals surface area contributed by atoms with Crippen LogP contribution in [-0.2, 0) is 0 Å². The van der Waals surface area contributed by atoms with Gasteiger partial charge in [0.05, 0.1) is 5.48 Å². The lowest BCUT2D eigenvalue weighted by atomic mass is 9.96. The van der Waals surface area contributed by atoms with Crippen molar-refractivity contribution in [2.45, 2.75) is 0 Å². The van der Waals surface area contributed by atoms with Crippen LogP contribution in [0.15, 0.2) is 188 Å². The normalized spacial score (nSPS) is 12.3. The van der Waals surface area contributed by atoms with Crippen LogP contribution in [-0.4, -0.2) is 15.0 Å². The van der Waals surface area contributed by atoms with Crippen molar-refractivity contribution >= 4 is 21.5 Å². The van der Waals surface area contributed by atoms with Gasteiger partial charge in [-0.15, -0.1) is 0 Å². The van der Waals surface area contributed by atoms with Crippen molar-refractivity contribution in [2.75, 3.05) is 0 Å². The summed E-state index contributed by atoms with van der Waals surface area (Å²) < 4.78 is 36.6. The van der Waals surface area contributed by atoms with Gasteiger partial charge >= 0.3 is 0 Å². The monoisotopic (exact) mass is 641 g/mol. The Hall–Kier alpha value is -6.71. The fourth-order valence-corrected chi connectivity index (χ4v) is 6.39. The molecule has 0 aliphatic rings. The summed E-state index contributed by atoms with van der Waals surface area (Å²) in [6, 6.07) is 53.4. The Bertz CT molecular complexity index is 2820. The minimum atomic E-state index is -0.216. The summed E-state index contributed by atoms with van der Waals surface area (Å²) in [5.74, 6) is 0.825. The molecule has 1 heterocycles. The van der Waals surface area contributed by atoms with Crippen LogP contribution in [0.1, 0.15) is 5.48 Å². The van der Waals surface area contributed by atoms with Crippen molar-refractivity contribution in [1.82, 2.24) is 15.0 Å². The third-order valence-corrected chi connectivity index (χ3v) is 9.00. The van der Waals surface area contributed by atoms with E-state index in [0.29, 0.717) is 17.2 Å². The first-order valence-electron chi connectivity index (χ1n) is 18.5. The highest BCUT2D eigenvalue weighted by atomic mass is 15.0. The molecule has 8 aromatic carbocycles. The van der Waals surface area contributed by atoms with Crippen molar-refractivity contribution in [1.29, 1.82) is 0 Å². The van der Waals surface area contributed by atoms with Gasteiger partial charge in [-0.1, -0.05) is 176 Å². The fraction of sp³-hybridized carbons (Fsp3) is 0. The molecule has 0 aliphatic carbocycles. The lowest BCUT2D eigenvalue weighted by molar-refractivity contribution is 1.07. The molecule has 1 aromatic heterocycles. The van der Waals surface area contributed by atoms with E-state index in [0.717, 1.165) is 54.9 Å². The molecule has 0 unspecified atom stereocenters.